The fraction of sp³-hybridized carbons (Fsp3) is 0.182. The van der Waals surface area contributed by atoms with Crippen molar-refractivity contribution in [3.05, 3.63) is 28.7 Å². The zero-order valence-corrected chi connectivity index (χ0v) is 9.48. The third-order valence-electron chi connectivity index (χ3n) is 2.13. The number of hydrogen-bond acceptors (Lipinski definition) is 2. The first-order valence-corrected chi connectivity index (χ1v) is 5.02. The summed E-state index contributed by atoms with van der Waals surface area (Å²) >= 11 is 5.84. The van der Waals surface area contributed by atoms with Crippen LogP contribution >= 0.6 is 11.6 Å². The Morgan fingerprint density at radius 1 is 1.50 bits per heavy atom. The molecule has 1 aromatic carbocycles. The van der Waals surface area contributed by atoms with Crippen LogP contribution in [0, 0.1) is 12.7 Å². The average Bonchev–Trinajstić information content (AvgIpc) is 2.54. The molecule has 0 saturated carbocycles. The van der Waals surface area contributed by atoms with Crippen LogP contribution in [0.15, 0.2) is 16.5 Å². The molecule has 1 aromatic heterocycles. The summed E-state index contributed by atoms with van der Waals surface area (Å²) in [6, 6.07) is 2.76. The molecule has 0 aliphatic carbocycles. The summed E-state index contributed by atoms with van der Waals surface area (Å²) in [7, 11) is 0. The number of halogens is 2. The van der Waals surface area contributed by atoms with Crippen LogP contribution in [0.1, 0.15) is 12.7 Å². The first-order chi connectivity index (χ1) is 7.49. The molecule has 5 heteroatoms. The van der Waals surface area contributed by atoms with E-state index in [0.717, 1.165) is 6.07 Å². The highest BCUT2D eigenvalue weighted by Gasteiger charge is 2.15. The van der Waals surface area contributed by atoms with Gasteiger partial charge in [0.25, 0.3) is 0 Å². The second-order valence-corrected chi connectivity index (χ2v) is 3.90. The molecule has 1 N–H and O–H groups in total. The lowest BCUT2D eigenvalue weighted by atomic mass is 10.2. The van der Waals surface area contributed by atoms with Crippen LogP contribution in [-0.4, -0.2) is 5.91 Å². The molecule has 1 amide bonds. The summed E-state index contributed by atoms with van der Waals surface area (Å²) in [6.45, 7) is 3.04. The summed E-state index contributed by atoms with van der Waals surface area (Å²) in [4.78, 5) is 11.0. The van der Waals surface area contributed by atoms with Crippen LogP contribution in [0.25, 0.3) is 11.0 Å². The Morgan fingerprint density at radius 2 is 2.19 bits per heavy atom. The molecule has 2 aromatic rings. The molecule has 2 rings (SSSR count). The maximum absolute atomic E-state index is 13.6. The van der Waals surface area contributed by atoms with Gasteiger partial charge in [0.1, 0.15) is 11.6 Å². The maximum atomic E-state index is 13.6. The summed E-state index contributed by atoms with van der Waals surface area (Å²) in [6.07, 6.45) is 0. The molecule has 0 atom stereocenters. The van der Waals surface area contributed by atoms with E-state index in [0.29, 0.717) is 16.7 Å². The van der Waals surface area contributed by atoms with Crippen molar-refractivity contribution >= 4 is 34.2 Å². The predicted octanol–water partition coefficient (Wildman–Crippen LogP) is 3.49. The molecule has 0 aliphatic rings. The minimum atomic E-state index is -0.575. The van der Waals surface area contributed by atoms with E-state index in [1.165, 1.54) is 6.92 Å². The van der Waals surface area contributed by atoms with Crippen LogP contribution in [0.4, 0.5) is 10.1 Å². The molecule has 0 bridgehead atoms. The summed E-state index contributed by atoms with van der Waals surface area (Å²) in [5, 5.41) is 3.08. The highest BCUT2D eigenvalue weighted by Crippen LogP contribution is 2.34. The van der Waals surface area contributed by atoms with Crippen LogP contribution in [0.3, 0.4) is 0 Å². The van der Waals surface area contributed by atoms with Crippen molar-refractivity contribution in [1.82, 2.24) is 0 Å². The van der Waals surface area contributed by atoms with Gasteiger partial charge in [-0.05, 0) is 19.1 Å². The zero-order chi connectivity index (χ0) is 11.9. The largest absolute Gasteiger partial charge is 0.460 e. The average molecular weight is 242 g/mol. The maximum Gasteiger partial charge on any atom is 0.221 e. The Kier molecular flexibility index (Phi) is 2.59. The van der Waals surface area contributed by atoms with E-state index in [1.807, 2.05) is 0 Å². The number of fused-ring (bicyclic) bond motifs is 1. The topological polar surface area (TPSA) is 42.2 Å². The van der Waals surface area contributed by atoms with Gasteiger partial charge < -0.3 is 9.73 Å². The number of anilines is 1. The van der Waals surface area contributed by atoms with E-state index >= 15 is 0 Å². The van der Waals surface area contributed by atoms with Gasteiger partial charge in [0.05, 0.1) is 10.7 Å². The van der Waals surface area contributed by atoms with Crippen LogP contribution < -0.4 is 5.32 Å². The monoisotopic (exact) mass is 241 g/mol. The highest BCUT2D eigenvalue weighted by atomic mass is 35.5. The minimum absolute atomic E-state index is 0.101. The summed E-state index contributed by atoms with van der Waals surface area (Å²) in [5.74, 6) is -0.316. The lowest BCUT2D eigenvalue weighted by Crippen LogP contribution is -2.07. The first-order valence-electron chi connectivity index (χ1n) is 4.65. The summed E-state index contributed by atoms with van der Waals surface area (Å²) in [5.41, 5.74) is 0.480. The van der Waals surface area contributed by atoms with Crippen molar-refractivity contribution in [3.8, 4) is 0 Å². The van der Waals surface area contributed by atoms with Crippen molar-refractivity contribution in [1.29, 1.82) is 0 Å². The molecule has 16 heavy (non-hydrogen) atoms. The molecule has 0 fully saturated rings. The van der Waals surface area contributed by atoms with Crippen molar-refractivity contribution < 1.29 is 13.6 Å². The van der Waals surface area contributed by atoms with Crippen molar-refractivity contribution in [2.45, 2.75) is 13.8 Å². The molecule has 84 valence electrons. The molecule has 0 unspecified atom stereocenters. The number of carbonyl (C=O) groups is 1. The van der Waals surface area contributed by atoms with Crippen LogP contribution in [-0.2, 0) is 4.79 Å². The molecule has 0 aliphatic heterocycles. The molecule has 0 radical (unpaired) electrons. The Morgan fingerprint density at radius 3 is 2.81 bits per heavy atom. The van der Waals surface area contributed by atoms with Gasteiger partial charge in [-0.1, -0.05) is 11.6 Å². The lowest BCUT2D eigenvalue weighted by molar-refractivity contribution is -0.114. The van der Waals surface area contributed by atoms with Crippen molar-refractivity contribution in [2.75, 3.05) is 5.32 Å². The van der Waals surface area contributed by atoms with E-state index < -0.39 is 5.82 Å². The number of carbonyl (C=O) groups excluding carboxylic acids is 1. The van der Waals surface area contributed by atoms with E-state index in [4.69, 9.17) is 16.0 Å². The highest BCUT2D eigenvalue weighted by molar-refractivity contribution is 6.35. The predicted molar refractivity (Wildman–Crippen MR) is 60.2 cm³/mol. The van der Waals surface area contributed by atoms with Crippen molar-refractivity contribution in [3.63, 3.8) is 0 Å². The number of rotatable bonds is 1. The lowest BCUT2D eigenvalue weighted by Gasteiger charge is -2.05. The molecule has 0 saturated heterocycles. The number of aryl methyl sites for hydroxylation is 1. The van der Waals surface area contributed by atoms with Gasteiger partial charge in [0.15, 0.2) is 5.58 Å². The van der Waals surface area contributed by atoms with E-state index in [-0.39, 0.29) is 16.6 Å². The van der Waals surface area contributed by atoms with Gasteiger partial charge >= 0.3 is 0 Å². The zero-order valence-electron chi connectivity index (χ0n) is 8.73. The van der Waals surface area contributed by atoms with E-state index in [9.17, 15) is 9.18 Å². The number of amides is 1. The molecule has 0 spiro atoms. The van der Waals surface area contributed by atoms with Crippen LogP contribution in [0.5, 0.6) is 0 Å². The fourth-order valence-corrected chi connectivity index (χ4v) is 1.79. The second kappa shape index (κ2) is 3.79. The number of nitrogens with one attached hydrogen (secondary N) is 1. The SMILES string of the molecule is CC(=O)Nc1c(F)cc(Cl)c2oc(C)cc12. The van der Waals surface area contributed by atoms with Gasteiger partial charge in [0.2, 0.25) is 5.91 Å². The van der Waals surface area contributed by atoms with Gasteiger partial charge in [-0.3, -0.25) is 4.79 Å². The standard InChI is InChI=1S/C11H9ClFNO2/c1-5-3-7-10(14-6(2)15)9(13)4-8(12)11(7)16-5/h3-4H,1-2H3,(H,14,15). The number of benzene rings is 1. The van der Waals surface area contributed by atoms with Gasteiger partial charge in [-0.15, -0.1) is 0 Å². The first kappa shape index (κ1) is 11.0. The van der Waals surface area contributed by atoms with Gasteiger partial charge in [-0.25, -0.2) is 4.39 Å². The number of hydrogen-bond donors (Lipinski definition) is 1. The van der Waals surface area contributed by atoms with Gasteiger partial charge in [-0.2, -0.15) is 0 Å². The minimum Gasteiger partial charge on any atom is -0.460 e. The quantitative estimate of drug-likeness (QED) is 0.830. The Balaban J connectivity index is 2.75. The fourth-order valence-electron chi connectivity index (χ4n) is 1.56. The normalized spacial score (nSPS) is 10.8. The second-order valence-electron chi connectivity index (χ2n) is 3.50. The van der Waals surface area contributed by atoms with Crippen molar-refractivity contribution in [2.24, 2.45) is 0 Å². The van der Waals surface area contributed by atoms with E-state index in [2.05, 4.69) is 5.32 Å². The summed E-state index contributed by atoms with van der Waals surface area (Å²) < 4.78 is 18.9. The van der Waals surface area contributed by atoms with Crippen LogP contribution in [0.2, 0.25) is 5.02 Å². The van der Waals surface area contributed by atoms with Gasteiger partial charge in [0, 0.05) is 12.3 Å². The molecular formula is C11H9ClFNO2. The third-order valence-corrected chi connectivity index (χ3v) is 2.42. The Labute approximate surface area is 96.2 Å². The third kappa shape index (κ3) is 1.76. The molecule has 3 nitrogen and oxygen atoms in total. The smallest absolute Gasteiger partial charge is 0.221 e. The molecular weight excluding hydrogens is 233 g/mol. The Bertz CT molecular complexity index is 577. The molecule has 1 heterocycles. The Hall–Kier alpha value is -1.55. The van der Waals surface area contributed by atoms with E-state index in [1.54, 1.807) is 13.0 Å². The number of furan rings is 1.